The van der Waals surface area contributed by atoms with Crippen molar-refractivity contribution in [1.82, 2.24) is 0 Å². The molecular weight excluding hydrogens is 408 g/mol. The Hall–Kier alpha value is -4.83. The number of carbonyl (C=O) groups is 4. The Bertz CT molecular complexity index is 1090. The Morgan fingerprint density at radius 1 is 0.719 bits per heavy atom. The van der Waals surface area contributed by atoms with Gasteiger partial charge in [-0.05, 0) is 17.7 Å². The van der Waals surface area contributed by atoms with E-state index in [0.717, 1.165) is 22.6 Å². The molecule has 4 rings (SSSR count). The molecule has 2 aromatic rings. The summed E-state index contributed by atoms with van der Waals surface area (Å²) >= 11 is 0. The van der Waals surface area contributed by atoms with Crippen LogP contribution in [0.5, 0.6) is 0 Å². The number of rotatable bonds is 3. The molecule has 7 heteroatoms. The van der Waals surface area contributed by atoms with Crippen LogP contribution in [0, 0.1) is 11.3 Å². The van der Waals surface area contributed by atoms with Crippen LogP contribution in [0.15, 0.2) is 103 Å². The predicted molar refractivity (Wildman–Crippen MR) is 119 cm³/mol. The molecule has 2 aliphatic rings. The molecule has 0 atom stereocenters. The zero-order valence-corrected chi connectivity index (χ0v) is 16.8. The number of nitrogens with zero attached hydrogens (tertiary/aromatic N) is 2. The van der Waals surface area contributed by atoms with Crippen LogP contribution in [0.3, 0.4) is 0 Å². The fourth-order valence-electron chi connectivity index (χ4n) is 2.36. The van der Waals surface area contributed by atoms with E-state index in [-0.39, 0.29) is 11.8 Å². The maximum absolute atomic E-state index is 11.2. The first-order valence-corrected chi connectivity index (χ1v) is 9.34. The Labute approximate surface area is 184 Å². The third-order valence-corrected chi connectivity index (χ3v) is 3.75. The smallest absolute Gasteiger partial charge is 0.338 e. The molecular formula is C25H18N2O5. The Morgan fingerprint density at radius 2 is 1.25 bits per heavy atom. The number of cyclic esters (lactones) is 2. The van der Waals surface area contributed by atoms with Gasteiger partial charge < -0.3 is 4.74 Å². The highest BCUT2D eigenvalue weighted by Crippen LogP contribution is 2.17. The van der Waals surface area contributed by atoms with Gasteiger partial charge in [0.05, 0.1) is 11.8 Å². The van der Waals surface area contributed by atoms with Crippen molar-refractivity contribution in [2.24, 2.45) is 0 Å². The molecule has 0 fully saturated rings. The summed E-state index contributed by atoms with van der Waals surface area (Å²) in [5.74, 6) is -1.72. The van der Waals surface area contributed by atoms with Crippen molar-refractivity contribution >= 4 is 35.5 Å². The average Bonchev–Trinajstić information content (AvgIpc) is 3.36. The molecule has 2 aliphatic heterocycles. The molecule has 0 aliphatic carbocycles. The molecule has 0 N–H and O–H groups in total. The third-order valence-electron chi connectivity index (χ3n) is 3.75. The van der Waals surface area contributed by atoms with Gasteiger partial charge in [0.15, 0.2) is 0 Å². The molecule has 0 aromatic heterocycles. The summed E-state index contributed by atoms with van der Waals surface area (Å²) in [6.45, 7) is 0. The van der Waals surface area contributed by atoms with E-state index in [1.165, 1.54) is 18.2 Å². The van der Waals surface area contributed by atoms with Crippen molar-refractivity contribution < 1.29 is 23.9 Å². The van der Waals surface area contributed by atoms with Crippen molar-refractivity contribution in [3.63, 3.8) is 0 Å². The normalized spacial score (nSPS) is 14.2. The van der Waals surface area contributed by atoms with Gasteiger partial charge in [-0.15, -0.1) is 0 Å². The molecule has 158 valence electrons. The molecule has 32 heavy (non-hydrogen) atoms. The lowest BCUT2D eigenvalue weighted by atomic mass is 10.2. The first-order chi connectivity index (χ1) is 15.5. The van der Waals surface area contributed by atoms with Gasteiger partial charge in [-0.3, -0.25) is 9.59 Å². The van der Waals surface area contributed by atoms with E-state index in [0.29, 0.717) is 5.69 Å². The van der Waals surface area contributed by atoms with Crippen LogP contribution < -0.4 is 4.90 Å². The number of nitriles is 1. The van der Waals surface area contributed by atoms with Crippen LogP contribution in [-0.2, 0) is 23.9 Å². The summed E-state index contributed by atoms with van der Waals surface area (Å²) < 4.78 is 3.97. The number of benzene rings is 2. The van der Waals surface area contributed by atoms with Gasteiger partial charge in [-0.25, -0.2) is 14.5 Å². The fourth-order valence-corrected chi connectivity index (χ4v) is 2.36. The first kappa shape index (κ1) is 23.4. The maximum Gasteiger partial charge on any atom is 0.338 e. The molecule has 2 amide bonds. The number of para-hydroxylation sites is 1. The SMILES string of the molecule is N#CC=CC=Cc1ccccc1.O=C1C=CC(=O)N1c1ccccc1.O=C1C=CC(=O)O1. The lowest BCUT2D eigenvalue weighted by Gasteiger charge is -2.12. The summed E-state index contributed by atoms with van der Waals surface area (Å²) in [6.07, 6.45) is 11.7. The monoisotopic (exact) mass is 426 g/mol. The molecule has 0 unspecified atom stereocenters. The van der Waals surface area contributed by atoms with Crippen LogP contribution in [0.2, 0.25) is 0 Å². The van der Waals surface area contributed by atoms with Gasteiger partial charge in [0.2, 0.25) is 0 Å². The highest BCUT2D eigenvalue weighted by atomic mass is 16.6. The van der Waals surface area contributed by atoms with Crippen molar-refractivity contribution in [2.75, 3.05) is 4.90 Å². The third kappa shape index (κ3) is 7.89. The van der Waals surface area contributed by atoms with Crippen LogP contribution >= 0.6 is 0 Å². The minimum atomic E-state index is -0.579. The summed E-state index contributed by atoms with van der Waals surface area (Å²) in [7, 11) is 0. The lowest BCUT2D eigenvalue weighted by molar-refractivity contribution is -0.150. The largest absolute Gasteiger partial charge is 0.387 e. The van der Waals surface area contributed by atoms with Crippen LogP contribution in [0.1, 0.15) is 5.56 Å². The van der Waals surface area contributed by atoms with E-state index >= 15 is 0 Å². The van der Waals surface area contributed by atoms with Crippen LogP contribution in [0.25, 0.3) is 6.08 Å². The van der Waals surface area contributed by atoms with E-state index in [2.05, 4.69) is 4.74 Å². The zero-order chi connectivity index (χ0) is 23.2. The molecule has 2 heterocycles. The molecule has 0 spiro atoms. The van der Waals surface area contributed by atoms with Crippen molar-refractivity contribution in [1.29, 1.82) is 5.26 Å². The molecule has 0 saturated carbocycles. The summed E-state index contributed by atoms with van der Waals surface area (Å²) in [6, 6.07) is 20.7. The average molecular weight is 426 g/mol. The van der Waals surface area contributed by atoms with Crippen LogP contribution in [-0.4, -0.2) is 23.8 Å². The van der Waals surface area contributed by atoms with Gasteiger partial charge >= 0.3 is 11.9 Å². The summed E-state index contributed by atoms with van der Waals surface area (Å²) in [5.41, 5.74) is 1.75. The number of hydrogen-bond acceptors (Lipinski definition) is 6. The second kappa shape index (κ2) is 12.7. The van der Waals surface area contributed by atoms with Gasteiger partial charge in [-0.2, -0.15) is 5.26 Å². The molecule has 7 nitrogen and oxygen atoms in total. The van der Waals surface area contributed by atoms with Crippen molar-refractivity contribution in [3.8, 4) is 6.07 Å². The Balaban J connectivity index is 0.000000178. The topological polar surface area (TPSA) is 105 Å². The minimum absolute atomic E-state index is 0.281. The molecule has 0 bridgehead atoms. The lowest BCUT2D eigenvalue weighted by Crippen LogP contribution is -2.29. The highest BCUT2D eigenvalue weighted by molar-refractivity contribution is 6.28. The van der Waals surface area contributed by atoms with E-state index in [4.69, 9.17) is 5.26 Å². The second-order valence-electron chi connectivity index (χ2n) is 6.01. The minimum Gasteiger partial charge on any atom is -0.387 e. The predicted octanol–water partition coefficient (Wildman–Crippen LogP) is 3.52. The number of imide groups is 1. The van der Waals surface area contributed by atoms with Crippen molar-refractivity contribution in [3.05, 3.63) is 109 Å². The van der Waals surface area contributed by atoms with E-state index in [9.17, 15) is 19.2 Å². The fraction of sp³-hybridized carbons (Fsp3) is 0. The number of esters is 2. The number of carbonyl (C=O) groups excluding carboxylic acids is 4. The molecule has 2 aromatic carbocycles. The van der Waals surface area contributed by atoms with Gasteiger partial charge in [-0.1, -0.05) is 66.8 Å². The van der Waals surface area contributed by atoms with Crippen molar-refractivity contribution in [2.45, 2.75) is 0 Å². The number of amides is 2. The Kier molecular flexibility index (Phi) is 9.29. The maximum atomic E-state index is 11.2. The number of anilines is 1. The number of allylic oxidation sites excluding steroid dienone is 3. The van der Waals surface area contributed by atoms with Crippen LogP contribution in [0.4, 0.5) is 5.69 Å². The number of ether oxygens (including phenoxy) is 1. The zero-order valence-electron chi connectivity index (χ0n) is 16.8. The van der Waals surface area contributed by atoms with E-state index in [1.807, 2.05) is 54.6 Å². The van der Waals surface area contributed by atoms with E-state index in [1.54, 1.807) is 30.3 Å². The van der Waals surface area contributed by atoms with Gasteiger partial charge in [0.25, 0.3) is 11.8 Å². The second-order valence-corrected chi connectivity index (χ2v) is 6.01. The Morgan fingerprint density at radius 3 is 1.72 bits per heavy atom. The standard InChI is InChI=1S/C11H9N.C10H7NO2.C4H2O3/c12-10-6-2-5-9-11-7-3-1-4-8-11;12-9-6-7-10(13)11(9)8-4-2-1-3-5-8;5-3-1-2-4(6)7-3/h1-9H;1-7H;1-2H. The quantitative estimate of drug-likeness (QED) is 0.245. The molecule has 0 radical (unpaired) electrons. The number of hydrogen-bond donors (Lipinski definition) is 0. The van der Waals surface area contributed by atoms with Gasteiger partial charge in [0, 0.05) is 30.4 Å². The first-order valence-electron chi connectivity index (χ1n) is 9.34. The molecule has 0 saturated heterocycles. The summed E-state index contributed by atoms with van der Waals surface area (Å²) in [4.78, 5) is 43.4. The van der Waals surface area contributed by atoms with Gasteiger partial charge in [0.1, 0.15) is 0 Å². The summed E-state index contributed by atoms with van der Waals surface area (Å²) in [5, 5.41) is 8.19. The highest BCUT2D eigenvalue weighted by Gasteiger charge is 2.24. The van der Waals surface area contributed by atoms with E-state index < -0.39 is 11.9 Å².